The van der Waals surface area contributed by atoms with Crippen molar-refractivity contribution < 1.29 is 14.3 Å². The van der Waals surface area contributed by atoms with E-state index in [-0.39, 0.29) is 11.1 Å². The number of nitrogens with one attached hydrogen (secondary N) is 1. The first kappa shape index (κ1) is 19.4. The Morgan fingerprint density at radius 2 is 1.81 bits per heavy atom. The quantitative estimate of drug-likeness (QED) is 0.815. The number of benzene rings is 1. The molecule has 5 nitrogen and oxygen atoms in total. The number of ether oxygens (including phenoxy) is 1. The summed E-state index contributed by atoms with van der Waals surface area (Å²) in [7, 11) is 0. The van der Waals surface area contributed by atoms with Crippen molar-refractivity contribution in [1.29, 1.82) is 0 Å². The van der Waals surface area contributed by atoms with Gasteiger partial charge in [0.25, 0.3) is 5.91 Å². The van der Waals surface area contributed by atoms with E-state index < -0.39 is 17.5 Å². The molecule has 0 radical (unpaired) electrons. The molecule has 26 heavy (non-hydrogen) atoms. The van der Waals surface area contributed by atoms with E-state index >= 15 is 0 Å². The first-order chi connectivity index (χ1) is 12.1. The molecule has 0 aliphatic heterocycles. The third kappa shape index (κ3) is 5.02. The molecule has 1 heterocycles. The highest BCUT2D eigenvalue weighted by atomic mass is 16.6. The van der Waals surface area contributed by atoms with Gasteiger partial charge in [-0.2, -0.15) is 0 Å². The topological polar surface area (TPSA) is 68.3 Å². The van der Waals surface area contributed by atoms with Crippen molar-refractivity contribution in [3.05, 3.63) is 65.4 Å². The number of aromatic nitrogens is 1. The van der Waals surface area contributed by atoms with Crippen LogP contribution in [0.3, 0.4) is 0 Å². The lowest BCUT2D eigenvalue weighted by atomic mass is 9.99. The van der Waals surface area contributed by atoms with Crippen LogP contribution in [0.15, 0.2) is 43.0 Å². The molecule has 0 fully saturated rings. The van der Waals surface area contributed by atoms with Crippen molar-refractivity contribution in [2.24, 2.45) is 0 Å². The number of carbonyl (C=O) groups is 2. The summed E-state index contributed by atoms with van der Waals surface area (Å²) in [6, 6.07) is 10.3. The lowest BCUT2D eigenvalue weighted by molar-refractivity contribution is 0.00678. The van der Waals surface area contributed by atoms with Crippen LogP contribution < -0.4 is 5.32 Å². The normalized spacial score (nSPS) is 11.0. The van der Waals surface area contributed by atoms with E-state index in [1.807, 2.05) is 19.9 Å². The second-order valence-corrected chi connectivity index (χ2v) is 7.16. The molecule has 2 rings (SSSR count). The van der Waals surface area contributed by atoms with E-state index in [2.05, 4.69) is 16.9 Å². The molecule has 1 amide bonds. The molecule has 2 aromatic rings. The molecule has 1 N–H and O–H groups in total. The third-order valence-electron chi connectivity index (χ3n) is 3.51. The number of carbonyl (C=O) groups excluding carboxylic acids is 2. The maximum Gasteiger partial charge on any atom is 0.339 e. The fourth-order valence-electron chi connectivity index (χ4n) is 2.31. The molecular formula is C21H24N2O3. The average Bonchev–Trinajstić information content (AvgIpc) is 2.52. The second kappa shape index (κ2) is 7.52. The zero-order valence-corrected chi connectivity index (χ0v) is 15.8. The summed E-state index contributed by atoms with van der Waals surface area (Å²) < 4.78 is 5.45. The number of anilines is 1. The Morgan fingerprint density at radius 1 is 1.12 bits per heavy atom. The maximum atomic E-state index is 12.7. The summed E-state index contributed by atoms with van der Waals surface area (Å²) in [6.07, 6.45) is 0. The largest absolute Gasteiger partial charge is 0.456 e. The fraction of sp³-hybridized carbons (Fsp3) is 0.286. The van der Waals surface area contributed by atoms with E-state index in [0.717, 1.165) is 16.8 Å². The molecule has 0 bridgehead atoms. The predicted octanol–water partition coefficient (Wildman–Crippen LogP) is 4.63. The van der Waals surface area contributed by atoms with Crippen LogP contribution in [0, 0.1) is 6.92 Å². The molecule has 1 aromatic heterocycles. The van der Waals surface area contributed by atoms with Gasteiger partial charge in [0.15, 0.2) is 0 Å². The maximum absolute atomic E-state index is 12.7. The fourth-order valence-corrected chi connectivity index (χ4v) is 2.31. The standard InChI is InChI=1S/C21H24N2O3/c1-13(2)15-10-11-16(17(12-15)20(25)26-21(4,5)6)19(24)23-18-9-7-8-14(3)22-18/h7-12H,1H2,2-6H3,(H,22,23,24). The molecule has 0 saturated carbocycles. The van der Waals surface area contributed by atoms with Gasteiger partial charge in [0.05, 0.1) is 11.1 Å². The Morgan fingerprint density at radius 3 is 2.38 bits per heavy atom. The summed E-state index contributed by atoms with van der Waals surface area (Å²) in [6.45, 7) is 12.9. The second-order valence-electron chi connectivity index (χ2n) is 7.16. The minimum Gasteiger partial charge on any atom is -0.456 e. The highest BCUT2D eigenvalue weighted by Crippen LogP contribution is 2.22. The van der Waals surface area contributed by atoms with Crippen molar-refractivity contribution in [1.82, 2.24) is 4.98 Å². The summed E-state index contributed by atoms with van der Waals surface area (Å²) >= 11 is 0. The Balaban J connectivity index is 2.41. The number of amides is 1. The number of aryl methyl sites for hydroxylation is 1. The van der Waals surface area contributed by atoms with E-state index in [9.17, 15) is 9.59 Å². The molecule has 0 aliphatic carbocycles. The van der Waals surface area contributed by atoms with E-state index in [4.69, 9.17) is 4.74 Å². The number of esters is 1. The van der Waals surface area contributed by atoms with Crippen LogP contribution in [0.25, 0.3) is 5.57 Å². The number of hydrogen-bond donors (Lipinski definition) is 1. The highest BCUT2D eigenvalue weighted by molar-refractivity contribution is 6.11. The van der Waals surface area contributed by atoms with Gasteiger partial charge >= 0.3 is 5.97 Å². The van der Waals surface area contributed by atoms with Crippen LogP contribution in [0.4, 0.5) is 5.82 Å². The molecule has 0 unspecified atom stereocenters. The van der Waals surface area contributed by atoms with Gasteiger partial charge in [0, 0.05) is 5.69 Å². The molecule has 0 saturated heterocycles. The van der Waals surface area contributed by atoms with Gasteiger partial charge in [-0.05, 0) is 64.4 Å². The predicted molar refractivity (Wildman–Crippen MR) is 103 cm³/mol. The van der Waals surface area contributed by atoms with Crippen LogP contribution in [0.2, 0.25) is 0 Å². The first-order valence-electron chi connectivity index (χ1n) is 8.35. The molecule has 0 spiro atoms. The minimum atomic E-state index is -0.665. The summed E-state index contributed by atoms with van der Waals surface area (Å²) in [5.74, 6) is -0.547. The van der Waals surface area contributed by atoms with Crippen LogP contribution >= 0.6 is 0 Å². The Kier molecular flexibility index (Phi) is 5.60. The first-order valence-corrected chi connectivity index (χ1v) is 8.35. The Hall–Kier alpha value is -2.95. The van der Waals surface area contributed by atoms with Gasteiger partial charge < -0.3 is 10.1 Å². The molecular weight excluding hydrogens is 328 g/mol. The average molecular weight is 352 g/mol. The Labute approximate surface area is 154 Å². The lowest BCUT2D eigenvalue weighted by Crippen LogP contribution is -2.26. The van der Waals surface area contributed by atoms with Crippen molar-refractivity contribution in [2.45, 2.75) is 40.2 Å². The van der Waals surface area contributed by atoms with Gasteiger partial charge in [-0.15, -0.1) is 0 Å². The molecule has 1 aromatic carbocycles. The number of allylic oxidation sites excluding steroid dienone is 1. The van der Waals surface area contributed by atoms with Gasteiger partial charge in [-0.1, -0.05) is 24.3 Å². The van der Waals surface area contributed by atoms with Gasteiger partial charge in [0.2, 0.25) is 0 Å². The summed E-state index contributed by atoms with van der Waals surface area (Å²) in [5, 5.41) is 2.73. The molecule has 0 atom stereocenters. The van der Waals surface area contributed by atoms with E-state index in [0.29, 0.717) is 5.82 Å². The van der Waals surface area contributed by atoms with Crippen molar-refractivity contribution in [2.75, 3.05) is 5.32 Å². The van der Waals surface area contributed by atoms with Gasteiger partial charge in [-0.3, -0.25) is 4.79 Å². The van der Waals surface area contributed by atoms with Crippen LogP contribution in [-0.2, 0) is 4.74 Å². The Bertz CT molecular complexity index is 864. The monoisotopic (exact) mass is 352 g/mol. The van der Waals surface area contributed by atoms with Crippen LogP contribution in [0.1, 0.15) is 59.7 Å². The number of nitrogens with zero attached hydrogens (tertiary/aromatic N) is 1. The molecule has 136 valence electrons. The van der Waals surface area contributed by atoms with Crippen LogP contribution in [-0.4, -0.2) is 22.5 Å². The number of rotatable bonds is 4. The summed E-state index contributed by atoms with van der Waals surface area (Å²) in [5.41, 5.74) is 2.12. The zero-order valence-electron chi connectivity index (χ0n) is 15.8. The van der Waals surface area contributed by atoms with Crippen LogP contribution in [0.5, 0.6) is 0 Å². The van der Waals surface area contributed by atoms with Gasteiger partial charge in [0.1, 0.15) is 11.4 Å². The number of pyridine rings is 1. The minimum absolute atomic E-state index is 0.200. The smallest absolute Gasteiger partial charge is 0.339 e. The molecule has 0 aliphatic rings. The zero-order chi connectivity index (χ0) is 19.5. The van der Waals surface area contributed by atoms with E-state index in [1.54, 1.807) is 51.1 Å². The number of hydrogen-bond acceptors (Lipinski definition) is 4. The third-order valence-corrected chi connectivity index (χ3v) is 3.51. The lowest BCUT2D eigenvalue weighted by Gasteiger charge is -2.21. The molecule has 5 heteroatoms. The SMILES string of the molecule is C=C(C)c1ccc(C(=O)Nc2cccc(C)n2)c(C(=O)OC(C)(C)C)c1. The summed E-state index contributed by atoms with van der Waals surface area (Å²) in [4.78, 5) is 29.6. The highest BCUT2D eigenvalue weighted by Gasteiger charge is 2.24. The van der Waals surface area contributed by atoms with Crippen molar-refractivity contribution in [3.63, 3.8) is 0 Å². The van der Waals surface area contributed by atoms with Crippen molar-refractivity contribution >= 4 is 23.3 Å². The van der Waals surface area contributed by atoms with Crippen molar-refractivity contribution in [3.8, 4) is 0 Å². The van der Waals surface area contributed by atoms with E-state index in [1.165, 1.54) is 0 Å². The van der Waals surface area contributed by atoms with Gasteiger partial charge in [-0.25, -0.2) is 9.78 Å².